The van der Waals surface area contributed by atoms with Gasteiger partial charge in [0.1, 0.15) is 0 Å². The van der Waals surface area contributed by atoms with Gasteiger partial charge < -0.3 is 11.1 Å². The molecule has 3 nitrogen and oxygen atoms in total. The molecule has 114 valence electrons. The SMILES string of the molecule is CC1(C)CCCCC1NC(=O)C1(c2ccc(N)cc2)CC1. The largest absolute Gasteiger partial charge is 0.399 e. The van der Waals surface area contributed by atoms with Gasteiger partial charge in [0.15, 0.2) is 0 Å². The van der Waals surface area contributed by atoms with Crippen LogP contribution in [0.1, 0.15) is 57.9 Å². The first-order chi connectivity index (χ1) is 9.94. The molecule has 0 spiro atoms. The summed E-state index contributed by atoms with van der Waals surface area (Å²) in [6, 6.07) is 8.12. The maximum absolute atomic E-state index is 12.8. The van der Waals surface area contributed by atoms with Crippen molar-refractivity contribution in [1.29, 1.82) is 0 Å². The highest BCUT2D eigenvalue weighted by atomic mass is 16.2. The first kappa shape index (κ1) is 14.4. The smallest absolute Gasteiger partial charge is 0.230 e. The number of amides is 1. The number of benzene rings is 1. The van der Waals surface area contributed by atoms with Crippen LogP contribution in [0.2, 0.25) is 0 Å². The van der Waals surface area contributed by atoms with Crippen molar-refractivity contribution in [3.8, 4) is 0 Å². The summed E-state index contributed by atoms with van der Waals surface area (Å²) in [6.45, 7) is 4.56. The Hall–Kier alpha value is -1.51. The average molecular weight is 286 g/mol. The summed E-state index contributed by atoms with van der Waals surface area (Å²) >= 11 is 0. The fraction of sp³-hybridized carbons (Fsp3) is 0.611. The first-order valence-electron chi connectivity index (χ1n) is 8.11. The summed E-state index contributed by atoms with van der Waals surface area (Å²) in [7, 11) is 0. The Morgan fingerprint density at radius 2 is 1.81 bits per heavy atom. The van der Waals surface area contributed by atoms with Gasteiger partial charge >= 0.3 is 0 Å². The Kier molecular flexibility index (Phi) is 3.46. The van der Waals surface area contributed by atoms with E-state index in [1.54, 1.807) is 0 Å². The van der Waals surface area contributed by atoms with Crippen LogP contribution in [0.25, 0.3) is 0 Å². The van der Waals surface area contributed by atoms with Crippen LogP contribution in [0.4, 0.5) is 5.69 Å². The molecular formula is C18H26N2O. The molecule has 21 heavy (non-hydrogen) atoms. The minimum atomic E-state index is -0.290. The van der Waals surface area contributed by atoms with Gasteiger partial charge in [0.2, 0.25) is 5.91 Å². The van der Waals surface area contributed by atoms with Crippen molar-refractivity contribution in [2.45, 2.75) is 63.8 Å². The summed E-state index contributed by atoms with van der Waals surface area (Å²) in [5, 5.41) is 3.35. The lowest BCUT2D eigenvalue weighted by atomic mass is 9.73. The lowest BCUT2D eigenvalue weighted by Crippen LogP contribution is -2.50. The fourth-order valence-electron chi connectivity index (χ4n) is 3.63. The van der Waals surface area contributed by atoms with E-state index in [0.29, 0.717) is 6.04 Å². The molecule has 2 aliphatic carbocycles. The third-order valence-corrected chi connectivity index (χ3v) is 5.46. The molecule has 0 radical (unpaired) electrons. The van der Waals surface area contributed by atoms with Crippen LogP contribution in [-0.4, -0.2) is 11.9 Å². The highest BCUT2D eigenvalue weighted by Crippen LogP contribution is 2.49. The Morgan fingerprint density at radius 1 is 1.14 bits per heavy atom. The molecule has 1 atom stereocenters. The van der Waals surface area contributed by atoms with Gasteiger partial charge in [0, 0.05) is 11.7 Å². The predicted molar refractivity (Wildman–Crippen MR) is 85.9 cm³/mol. The van der Waals surface area contributed by atoms with Gasteiger partial charge in [-0.1, -0.05) is 38.8 Å². The zero-order valence-electron chi connectivity index (χ0n) is 13.1. The third-order valence-electron chi connectivity index (χ3n) is 5.46. The van der Waals surface area contributed by atoms with E-state index >= 15 is 0 Å². The lowest BCUT2D eigenvalue weighted by molar-refractivity contribution is -0.125. The molecule has 3 heteroatoms. The summed E-state index contributed by atoms with van der Waals surface area (Å²) in [4.78, 5) is 12.8. The highest BCUT2D eigenvalue weighted by Gasteiger charge is 2.52. The number of hydrogen-bond donors (Lipinski definition) is 2. The predicted octanol–water partition coefficient (Wildman–Crippen LogP) is 3.39. The van der Waals surface area contributed by atoms with Crippen LogP contribution in [0, 0.1) is 5.41 Å². The van der Waals surface area contributed by atoms with Crippen molar-refractivity contribution in [2.24, 2.45) is 5.41 Å². The second-order valence-electron chi connectivity index (χ2n) is 7.46. The van der Waals surface area contributed by atoms with Gasteiger partial charge in [-0.15, -0.1) is 0 Å². The Labute approximate surface area is 127 Å². The number of anilines is 1. The van der Waals surface area contributed by atoms with Crippen LogP contribution in [0.5, 0.6) is 0 Å². The molecule has 0 bridgehead atoms. The number of nitrogen functional groups attached to an aromatic ring is 1. The Balaban J connectivity index is 1.74. The maximum Gasteiger partial charge on any atom is 0.230 e. The van der Waals surface area contributed by atoms with Crippen molar-refractivity contribution in [3.63, 3.8) is 0 Å². The van der Waals surface area contributed by atoms with E-state index in [4.69, 9.17) is 5.73 Å². The zero-order valence-corrected chi connectivity index (χ0v) is 13.1. The van der Waals surface area contributed by atoms with Crippen molar-refractivity contribution >= 4 is 11.6 Å². The first-order valence-corrected chi connectivity index (χ1v) is 8.11. The van der Waals surface area contributed by atoms with E-state index in [0.717, 1.165) is 30.5 Å². The van der Waals surface area contributed by atoms with Crippen LogP contribution < -0.4 is 11.1 Å². The quantitative estimate of drug-likeness (QED) is 0.837. The van der Waals surface area contributed by atoms with E-state index < -0.39 is 0 Å². The maximum atomic E-state index is 12.8. The summed E-state index contributed by atoms with van der Waals surface area (Å²) in [6.07, 6.45) is 6.72. The van der Waals surface area contributed by atoms with Crippen LogP contribution >= 0.6 is 0 Å². The van der Waals surface area contributed by atoms with Crippen molar-refractivity contribution in [1.82, 2.24) is 5.32 Å². The van der Waals surface area contributed by atoms with Gasteiger partial charge in [0.25, 0.3) is 0 Å². The molecule has 3 N–H and O–H groups in total. The molecule has 3 rings (SSSR count). The van der Waals surface area contributed by atoms with E-state index in [2.05, 4.69) is 19.2 Å². The average Bonchev–Trinajstić information content (AvgIpc) is 3.23. The molecule has 0 aromatic heterocycles. The Morgan fingerprint density at radius 3 is 2.38 bits per heavy atom. The number of carbonyl (C=O) groups excluding carboxylic acids is 1. The van der Waals surface area contributed by atoms with E-state index in [9.17, 15) is 4.79 Å². The minimum Gasteiger partial charge on any atom is -0.399 e. The van der Waals surface area contributed by atoms with Crippen LogP contribution in [-0.2, 0) is 10.2 Å². The Bertz CT molecular complexity index is 529. The molecular weight excluding hydrogens is 260 g/mol. The van der Waals surface area contributed by atoms with E-state index in [1.807, 2.05) is 24.3 Å². The second kappa shape index (κ2) is 5.04. The van der Waals surface area contributed by atoms with Gasteiger partial charge in [0.05, 0.1) is 5.41 Å². The van der Waals surface area contributed by atoms with Crippen LogP contribution in [0.15, 0.2) is 24.3 Å². The number of carbonyl (C=O) groups is 1. The third kappa shape index (κ3) is 2.66. The van der Waals surface area contributed by atoms with Crippen LogP contribution in [0.3, 0.4) is 0 Å². The molecule has 2 saturated carbocycles. The second-order valence-corrected chi connectivity index (χ2v) is 7.46. The molecule has 1 unspecified atom stereocenters. The van der Waals surface area contributed by atoms with Crippen molar-refractivity contribution in [2.75, 3.05) is 5.73 Å². The van der Waals surface area contributed by atoms with Gasteiger partial charge in [-0.05, 0) is 48.8 Å². The lowest BCUT2D eigenvalue weighted by Gasteiger charge is -2.39. The fourth-order valence-corrected chi connectivity index (χ4v) is 3.63. The normalized spacial score (nSPS) is 26.1. The van der Waals surface area contributed by atoms with Gasteiger partial charge in [-0.2, -0.15) is 0 Å². The molecule has 0 aliphatic heterocycles. The molecule has 0 heterocycles. The molecule has 1 amide bonds. The number of hydrogen-bond acceptors (Lipinski definition) is 2. The summed E-state index contributed by atoms with van der Waals surface area (Å²) in [5.74, 6) is 0.215. The number of nitrogens with two attached hydrogens (primary N) is 1. The van der Waals surface area contributed by atoms with E-state index in [1.165, 1.54) is 19.3 Å². The molecule has 0 saturated heterocycles. The highest BCUT2D eigenvalue weighted by molar-refractivity contribution is 5.91. The molecule has 2 aliphatic rings. The van der Waals surface area contributed by atoms with Crippen molar-refractivity contribution in [3.05, 3.63) is 29.8 Å². The minimum absolute atomic E-state index is 0.213. The standard InChI is InChI=1S/C18H26N2O/c1-17(2)10-4-3-5-15(17)20-16(21)18(11-12-18)13-6-8-14(19)9-7-13/h6-9,15H,3-5,10-12,19H2,1-2H3,(H,20,21). The summed E-state index contributed by atoms with van der Waals surface area (Å²) in [5.41, 5.74) is 7.54. The van der Waals surface area contributed by atoms with Gasteiger partial charge in [-0.3, -0.25) is 4.79 Å². The summed E-state index contributed by atoms with van der Waals surface area (Å²) < 4.78 is 0. The molecule has 1 aromatic rings. The van der Waals surface area contributed by atoms with E-state index in [-0.39, 0.29) is 16.7 Å². The molecule has 1 aromatic carbocycles. The zero-order chi connectivity index (χ0) is 15.1. The van der Waals surface area contributed by atoms with Crippen molar-refractivity contribution < 1.29 is 4.79 Å². The van der Waals surface area contributed by atoms with Gasteiger partial charge in [-0.25, -0.2) is 0 Å². The number of nitrogens with one attached hydrogen (secondary N) is 1. The molecule has 2 fully saturated rings. The number of rotatable bonds is 3. The topological polar surface area (TPSA) is 55.1 Å². The monoisotopic (exact) mass is 286 g/mol.